The number of aryl methyl sites for hydroxylation is 1. The van der Waals surface area contributed by atoms with E-state index in [1.807, 2.05) is 46.1 Å². The molecule has 1 amide bonds. The van der Waals surface area contributed by atoms with Crippen molar-refractivity contribution in [3.05, 3.63) is 86.9 Å². The zero-order valence-corrected chi connectivity index (χ0v) is 32.3. The van der Waals surface area contributed by atoms with E-state index < -0.39 is 21.8 Å². The number of thioether (sulfide) groups is 2. The van der Waals surface area contributed by atoms with Gasteiger partial charge in [-0.3, -0.25) is 14.1 Å². The number of allylic oxidation sites excluding steroid dienone is 6. The summed E-state index contributed by atoms with van der Waals surface area (Å²) in [6, 6.07) is 10.1. The van der Waals surface area contributed by atoms with Crippen molar-refractivity contribution in [2.24, 2.45) is 5.41 Å². The van der Waals surface area contributed by atoms with Gasteiger partial charge in [0.2, 0.25) is 12.1 Å². The first-order chi connectivity index (χ1) is 23.6. The largest absolute Gasteiger partial charge is 0.480 e. The number of carbonyl (C=O) groups is 2. The summed E-state index contributed by atoms with van der Waals surface area (Å²) in [5.74, 6) is -1.57. The number of thiazole rings is 1. The Bertz CT molecular complexity index is 2080. The highest BCUT2D eigenvalue weighted by molar-refractivity contribution is 8.03. The molecule has 50 heavy (non-hydrogen) atoms. The molecular formula is C36H40N3O6S5+. The molecule has 1 aliphatic heterocycles. The minimum Gasteiger partial charge on any atom is -0.480 e. The fraction of sp³-hybridized carbons (Fsp3) is 0.333. The Morgan fingerprint density at radius 1 is 1.20 bits per heavy atom. The van der Waals surface area contributed by atoms with Gasteiger partial charge in [-0.1, -0.05) is 67.4 Å². The van der Waals surface area contributed by atoms with Gasteiger partial charge in [0.25, 0.3) is 21.0 Å². The second-order valence-corrected chi connectivity index (χ2v) is 17.8. The molecule has 1 aliphatic carbocycles. The Morgan fingerprint density at radius 2 is 1.98 bits per heavy atom. The number of rotatable bonds is 13. The van der Waals surface area contributed by atoms with Crippen molar-refractivity contribution in [1.82, 2.24) is 5.32 Å². The Balaban J connectivity index is 1.43. The van der Waals surface area contributed by atoms with E-state index in [1.54, 1.807) is 40.2 Å². The first-order valence-electron chi connectivity index (χ1n) is 15.9. The van der Waals surface area contributed by atoms with Gasteiger partial charge in [0.05, 0.1) is 16.5 Å². The Labute approximate surface area is 311 Å². The van der Waals surface area contributed by atoms with E-state index in [1.165, 1.54) is 5.56 Å². The number of fused-ring (bicyclic) bond motifs is 2. The molecule has 0 radical (unpaired) electrons. The smallest absolute Gasteiger partial charge is 0.323 e. The molecule has 0 atom stereocenters. The second-order valence-electron chi connectivity index (χ2n) is 13.1. The number of nitrogens with zero attached hydrogens (tertiary/aromatic N) is 2. The third kappa shape index (κ3) is 9.74. The molecule has 2 aliphatic rings. The molecule has 2 heterocycles. The van der Waals surface area contributed by atoms with Crippen molar-refractivity contribution in [2.75, 3.05) is 30.0 Å². The highest BCUT2D eigenvalue weighted by Gasteiger charge is 2.29. The molecule has 0 unspecified atom stereocenters. The van der Waals surface area contributed by atoms with Gasteiger partial charge in [0.15, 0.2) is 0 Å². The van der Waals surface area contributed by atoms with E-state index in [2.05, 4.69) is 56.4 Å². The summed E-state index contributed by atoms with van der Waals surface area (Å²) >= 11 is 9.96. The molecule has 3 aromatic rings. The van der Waals surface area contributed by atoms with Crippen LogP contribution in [-0.4, -0.2) is 60.4 Å². The van der Waals surface area contributed by atoms with Crippen LogP contribution in [0, 0.1) is 12.3 Å². The van der Waals surface area contributed by atoms with Gasteiger partial charge in [0, 0.05) is 33.8 Å². The van der Waals surface area contributed by atoms with Gasteiger partial charge in [0.1, 0.15) is 11.2 Å². The first kappa shape index (κ1) is 38.0. The molecule has 264 valence electrons. The van der Waals surface area contributed by atoms with Crippen molar-refractivity contribution < 1.29 is 32.2 Å². The summed E-state index contributed by atoms with van der Waals surface area (Å²) < 4.78 is 34.1. The molecule has 3 N–H and O–H groups in total. The number of anilines is 1. The maximum Gasteiger partial charge on any atom is 0.323 e. The van der Waals surface area contributed by atoms with Gasteiger partial charge in [-0.05, 0) is 90.5 Å². The molecule has 0 spiro atoms. The van der Waals surface area contributed by atoms with Crippen molar-refractivity contribution in [3.8, 4) is 0 Å². The first-order valence-corrected chi connectivity index (χ1v) is 20.9. The van der Waals surface area contributed by atoms with Crippen molar-refractivity contribution in [2.45, 2.75) is 56.4 Å². The zero-order chi connectivity index (χ0) is 36.2. The van der Waals surface area contributed by atoms with E-state index in [4.69, 9.17) is 16.8 Å². The number of hydrogen-bond donors (Lipinski definition) is 3. The van der Waals surface area contributed by atoms with Crippen LogP contribution in [0.2, 0.25) is 0 Å². The van der Waals surface area contributed by atoms with E-state index in [0.29, 0.717) is 0 Å². The molecule has 0 bridgehead atoms. The fourth-order valence-electron chi connectivity index (χ4n) is 6.14. The van der Waals surface area contributed by atoms with Crippen LogP contribution in [0.25, 0.3) is 16.3 Å². The van der Waals surface area contributed by atoms with Crippen LogP contribution in [0.15, 0.2) is 80.6 Å². The molecule has 14 heteroatoms. The number of carbonyl (C=O) groups excluding carboxylic acids is 1. The number of aromatic nitrogens is 1. The van der Waals surface area contributed by atoms with Gasteiger partial charge >= 0.3 is 5.97 Å². The lowest BCUT2D eigenvalue weighted by atomic mass is 9.75. The van der Waals surface area contributed by atoms with Crippen molar-refractivity contribution in [1.29, 1.82) is 0 Å². The van der Waals surface area contributed by atoms with Gasteiger partial charge in [-0.2, -0.15) is 13.0 Å². The van der Waals surface area contributed by atoms with Crippen LogP contribution < -0.4 is 14.8 Å². The summed E-state index contributed by atoms with van der Waals surface area (Å²) in [5, 5.41) is 15.8. The third-order valence-corrected chi connectivity index (χ3v) is 12.4. The lowest BCUT2D eigenvalue weighted by Gasteiger charge is -2.30. The molecule has 5 rings (SSSR count). The molecule has 9 nitrogen and oxygen atoms in total. The Hall–Kier alpha value is -3.27. The van der Waals surface area contributed by atoms with Crippen LogP contribution in [-0.2, 0) is 26.3 Å². The fourth-order valence-corrected chi connectivity index (χ4v) is 9.75. The summed E-state index contributed by atoms with van der Waals surface area (Å²) in [7, 11) is -4.09. The lowest BCUT2D eigenvalue weighted by Crippen LogP contribution is -2.44. The molecule has 0 fully saturated rings. The van der Waals surface area contributed by atoms with Crippen LogP contribution in [0.1, 0.15) is 49.2 Å². The molecule has 1 aromatic heterocycles. The van der Waals surface area contributed by atoms with E-state index >= 15 is 0 Å². The topological polar surface area (TPSA) is 128 Å². The number of carboxylic acids is 1. The van der Waals surface area contributed by atoms with E-state index in [0.717, 1.165) is 65.3 Å². The van der Waals surface area contributed by atoms with Crippen molar-refractivity contribution >= 4 is 96.4 Å². The Kier molecular flexibility index (Phi) is 12.1. The highest BCUT2D eigenvalue weighted by Crippen LogP contribution is 2.48. The minimum absolute atomic E-state index is 0.0246. The maximum atomic E-state index is 13.0. The summed E-state index contributed by atoms with van der Waals surface area (Å²) in [4.78, 5) is 28.8. The maximum absolute atomic E-state index is 13.0. The van der Waals surface area contributed by atoms with Gasteiger partial charge in [-0.15, -0.1) is 11.8 Å². The molecule has 0 saturated heterocycles. The van der Waals surface area contributed by atoms with Crippen LogP contribution in [0.3, 0.4) is 0 Å². The monoisotopic (exact) mass is 770 g/mol. The van der Waals surface area contributed by atoms with E-state index in [9.17, 15) is 23.1 Å². The van der Waals surface area contributed by atoms with E-state index in [-0.39, 0.29) is 37.4 Å². The average molecular weight is 771 g/mol. The summed E-state index contributed by atoms with van der Waals surface area (Å²) in [5.41, 5.74) is 6.11. The quantitative estimate of drug-likeness (QED) is 0.0541. The average Bonchev–Trinajstić information content (AvgIpc) is 3.52. The van der Waals surface area contributed by atoms with Crippen LogP contribution in [0.5, 0.6) is 0 Å². The molecule has 2 aromatic carbocycles. The van der Waals surface area contributed by atoms with Crippen LogP contribution >= 0.6 is 47.1 Å². The van der Waals surface area contributed by atoms with Crippen molar-refractivity contribution in [3.63, 3.8) is 0 Å². The lowest BCUT2D eigenvalue weighted by molar-refractivity contribution is -0.655. The number of amides is 1. The summed E-state index contributed by atoms with van der Waals surface area (Å²) in [6.07, 6.45) is 14.2. The summed E-state index contributed by atoms with van der Waals surface area (Å²) in [6.45, 7) is 6.58. The second kappa shape index (κ2) is 16.0. The number of hydrogen-bond acceptors (Lipinski definition) is 9. The number of thiocarbonyl (C=S) groups is 1. The minimum atomic E-state index is -4.09. The number of nitrogens with one attached hydrogen (secondary N) is 1. The van der Waals surface area contributed by atoms with Crippen LogP contribution in [0.4, 0.5) is 5.69 Å². The predicted octanol–water partition coefficient (Wildman–Crippen LogP) is 7.19. The molecular weight excluding hydrogens is 731 g/mol. The standard InChI is InChI=1S/C36H39N3O6S5/c1-23-13-30-28(17-29(23)47-4)39(21-35(41)42)33(48-30)8-5-7-24-14-26(19-36(2,3)18-24)16-34-38(20-32(40)37-11-6-12-50(43,44)45)27-10-9-25(22-46)15-31(27)49-34/h5,7-10,13-17,22H,6,11-12,18-21H2,1-4H3,(H2-,37,40,41,42,43,44,45)/p+1. The van der Waals surface area contributed by atoms with Gasteiger partial charge < -0.3 is 15.3 Å². The normalized spacial score (nSPS) is 17.5. The van der Waals surface area contributed by atoms with Gasteiger partial charge in [-0.25, -0.2) is 0 Å². The SMILES string of the molecule is CSc1cc2c(cc1C)SC(=CC=CC1=CC(=Cc3sc4cc(C=S)ccc4[n+]3CC(=O)NCCCS(=O)(=O)O)CC(C)(C)C1)N2CC(=O)O. The zero-order valence-electron chi connectivity index (χ0n) is 28.3. The number of carboxylic acid groups (broad SMARTS) is 1. The third-order valence-electron chi connectivity index (χ3n) is 8.23. The number of aliphatic carboxylic acids is 1. The predicted molar refractivity (Wildman–Crippen MR) is 209 cm³/mol. The highest BCUT2D eigenvalue weighted by atomic mass is 32.2. The molecule has 0 saturated carbocycles. The Morgan fingerprint density at radius 3 is 2.68 bits per heavy atom. The number of benzene rings is 2.